The summed E-state index contributed by atoms with van der Waals surface area (Å²) in [5.74, 6) is 1.94. The van der Waals surface area contributed by atoms with Crippen molar-refractivity contribution in [2.24, 2.45) is 0 Å². The lowest BCUT2D eigenvalue weighted by Crippen LogP contribution is -2.47. The van der Waals surface area contributed by atoms with E-state index in [1.807, 2.05) is 12.1 Å². The third kappa shape index (κ3) is 4.01. The number of hydrogen-bond donors (Lipinski definition) is 1. The summed E-state index contributed by atoms with van der Waals surface area (Å²) in [5, 5.41) is 11.7. The van der Waals surface area contributed by atoms with Crippen molar-refractivity contribution in [1.82, 2.24) is 15.2 Å². The highest BCUT2D eigenvalue weighted by Crippen LogP contribution is 2.28. The lowest BCUT2D eigenvalue weighted by atomic mass is 10.0. The van der Waals surface area contributed by atoms with Crippen LogP contribution >= 0.6 is 0 Å². The Kier molecular flexibility index (Phi) is 5.12. The minimum Gasteiger partial charge on any atom is -0.397 e. The van der Waals surface area contributed by atoms with E-state index >= 15 is 0 Å². The van der Waals surface area contributed by atoms with Gasteiger partial charge in [0.25, 0.3) is 0 Å². The molecule has 2 aromatic carbocycles. The molecule has 0 saturated carbocycles. The van der Waals surface area contributed by atoms with Gasteiger partial charge >= 0.3 is 0 Å². The van der Waals surface area contributed by atoms with E-state index in [2.05, 4.69) is 80.4 Å². The average Bonchev–Trinajstić information content (AvgIpc) is 2.80. The molecule has 6 nitrogen and oxygen atoms in total. The van der Waals surface area contributed by atoms with Crippen LogP contribution in [-0.4, -0.2) is 41.4 Å². The molecule has 0 amide bonds. The Balaban J connectivity index is 1.39. The van der Waals surface area contributed by atoms with Gasteiger partial charge in [0.05, 0.1) is 17.6 Å². The molecule has 156 valence electrons. The van der Waals surface area contributed by atoms with Gasteiger partial charge in [0.1, 0.15) is 5.82 Å². The zero-order valence-corrected chi connectivity index (χ0v) is 17.7. The van der Waals surface area contributed by atoms with Crippen molar-refractivity contribution in [2.75, 3.05) is 41.7 Å². The van der Waals surface area contributed by atoms with Gasteiger partial charge in [-0.2, -0.15) is 5.10 Å². The van der Waals surface area contributed by atoms with E-state index in [1.165, 1.54) is 21.9 Å². The SMILES string of the molecule is Cc1cccc(Cc2nnc(N3CCN(c4ccc(N)cn4)CC3)c3ccccc23)c1. The fourth-order valence-electron chi connectivity index (χ4n) is 4.26. The van der Waals surface area contributed by atoms with E-state index in [1.54, 1.807) is 6.20 Å². The van der Waals surface area contributed by atoms with E-state index in [4.69, 9.17) is 5.73 Å². The Morgan fingerprint density at radius 1 is 0.839 bits per heavy atom. The van der Waals surface area contributed by atoms with Gasteiger partial charge in [0, 0.05) is 43.4 Å². The van der Waals surface area contributed by atoms with Crippen molar-refractivity contribution in [1.29, 1.82) is 0 Å². The van der Waals surface area contributed by atoms with Crippen LogP contribution in [0.15, 0.2) is 66.9 Å². The fourth-order valence-corrected chi connectivity index (χ4v) is 4.26. The van der Waals surface area contributed by atoms with Gasteiger partial charge < -0.3 is 15.5 Å². The number of pyridine rings is 1. The maximum absolute atomic E-state index is 5.77. The Hall–Kier alpha value is -3.67. The molecular weight excluding hydrogens is 384 g/mol. The second-order valence-electron chi connectivity index (χ2n) is 8.11. The lowest BCUT2D eigenvalue weighted by molar-refractivity contribution is 0.639. The number of benzene rings is 2. The average molecular weight is 411 g/mol. The molecule has 1 saturated heterocycles. The minimum absolute atomic E-state index is 0.690. The maximum atomic E-state index is 5.77. The zero-order valence-electron chi connectivity index (χ0n) is 17.7. The highest BCUT2D eigenvalue weighted by Gasteiger charge is 2.22. The maximum Gasteiger partial charge on any atom is 0.159 e. The molecule has 0 spiro atoms. The molecule has 1 aliphatic heterocycles. The first-order chi connectivity index (χ1) is 15.2. The molecule has 0 atom stereocenters. The second-order valence-corrected chi connectivity index (χ2v) is 8.11. The summed E-state index contributed by atoms with van der Waals surface area (Å²) in [6.07, 6.45) is 2.50. The van der Waals surface area contributed by atoms with Gasteiger partial charge in [-0.15, -0.1) is 5.10 Å². The van der Waals surface area contributed by atoms with Crippen LogP contribution in [0, 0.1) is 6.92 Å². The van der Waals surface area contributed by atoms with Crippen LogP contribution in [0.25, 0.3) is 10.8 Å². The first-order valence-electron chi connectivity index (χ1n) is 10.7. The van der Waals surface area contributed by atoms with Crippen molar-refractivity contribution >= 4 is 28.1 Å². The van der Waals surface area contributed by atoms with Crippen molar-refractivity contribution < 1.29 is 0 Å². The largest absolute Gasteiger partial charge is 0.397 e. The molecule has 5 rings (SSSR count). The standard InChI is InChI=1S/C25H26N6/c1-18-5-4-6-19(15-18)16-23-21-7-2-3-8-22(21)25(29-28-23)31-13-11-30(12-14-31)24-10-9-20(26)17-27-24/h2-10,15,17H,11-14,16,26H2,1H3. The summed E-state index contributed by atoms with van der Waals surface area (Å²) in [6.45, 7) is 5.65. The van der Waals surface area contributed by atoms with Gasteiger partial charge in [0.15, 0.2) is 5.82 Å². The number of fused-ring (bicyclic) bond motifs is 1. The molecule has 3 heterocycles. The first kappa shape index (κ1) is 19.3. The number of nitrogens with two attached hydrogens (primary N) is 1. The Morgan fingerprint density at radius 2 is 1.61 bits per heavy atom. The van der Waals surface area contributed by atoms with Crippen LogP contribution in [-0.2, 0) is 6.42 Å². The van der Waals surface area contributed by atoms with Crippen LogP contribution in [0.3, 0.4) is 0 Å². The first-order valence-corrected chi connectivity index (χ1v) is 10.7. The molecule has 6 heteroatoms. The van der Waals surface area contributed by atoms with E-state index < -0.39 is 0 Å². The quantitative estimate of drug-likeness (QED) is 0.551. The number of anilines is 3. The number of aryl methyl sites for hydroxylation is 1. The van der Waals surface area contributed by atoms with Gasteiger partial charge in [-0.05, 0) is 24.6 Å². The minimum atomic E-state index is 0.690. The van der Waals surface area contributed by atoms with Gasteiger partial charge in [0.2, 0.25) is 0 Å². The zero-order chi connectivity index (χ0) is 21.2. The normalized spacial score (nSPS) is 14.2. The second kappa shape index (κ2) is 8.22. The Morgan fingerprint density at radius 3 is 2.35 bits per heavy atom. The molecule has 4 aromatic rings. The van der Waals surface area contributed by atoms with Gasteiger partial charge in [-0.1, -0.05) is 54.1 Å². The molecule has 2 aromatic heterocycles. The van der Waals surface area contributed by atoms with Gasteiger partial charge in [-0.3, -0.25) is 0 Å². The van der Waals surface area contributed by atoms with E-state index in [0.717, 1.165) is 49.9 Å². The highest BCUT2D eigenvalue weighted by atomic mass is 15.3. The number of nitrogens with zero attached hydrogens (tertiary/aromatic N) is 5. The number of piperazine rings is 1. The molecule has 31 heavy (non-hydrogen) atoms. The molecule has 0 unspecified atom stereocenters. The third-order valence-electron chi connectivity index (χ3n) is 5.87. The topological polar surface area (TPSA) is 71.2 Å². The van der Waals surface area contributed by atoms with E-state index in [9.17, 15) is 0 Å². The summed E-state index contributed by atoms with van der Waals surface area (Å²) in [7, 11) is 0. The van der Waals surface area contributed by atoms with Crippen LogP contribution in [0.5, 0.6) is 0 Å². The van der Waals surface area contributed by atoms with Crippen molar-refractivity contribution in [2.45, 2.75) is 13.3 Å². The van der Waals surface area contributed by atoms with Crippen molar-refractivity contribution in [3.8, 4) is 0 Å². The Bertz CT molecular complexity index is 1200. The van der Waals surface area contributed by atoms with Crippen LogP contribution < -0.4 is 15.5 Å². The molecule has 1 fully saturated rings. The number of aromatic nitrogens is 3. The van der Waals surface area contributed by atoms with Crippen LogP contribution in [0.1, 0.15) is 16.8 Å². The summed E-state index contributed by atoms with van der Waals surface area (Å²) in [5.41, 5.74) is 10.0. The molecule has 0 bridgehead atoms. The predicted octanol–water partition coefficient (Wildman–Crippen LogP) is 3.83. The number of hydrogen-bond acceptors (Lipinski definition) is 6. The number of rotatable bonds is 4. The predicted molar refractivity (Wildman–Crippen MR) is 127 cm³/mol. The van der Waals surface area contributed by atoms with E-state index in [0.29, 0.717) is 5.69 Å². The smallest absolute Gasteiger partial charge is 0.159 e. The molecule has 2 N–H and O–H groups in total. The molecular formula is C25H26N6. The van der Waals surface area contributed by atoms with Crippen LogP contribution in [0.4, 0.5) is 17.3 Å². The molecule has 0 radical (unpaired) electrons. The Labute approximate surface area is 182 Å². The molecule has 0 aliphatic carbocycles. The lowest BCUT2D eigenvalue weighted by Gasteiger charge is -2.36. The van der Waals surface area contributed by atoms with Crippen molar-refractivity contribution in [3.63, 3.8) is 0 Å². The number of nitrogen functional groups attached to an aromatic ring is 1. The summed E-state index contributed by atoms with van der Waals surface area (Å²) < 4.78 is 0. The molecule has 1 aliphatic rings. The highest BCUT2D eigenvalue weighted by molar-refractivity contribution is 5.93. The monoisotopic (exact) mass is 410 g/mol. The fraction of sp³-hybridized carbons (Fsp3) is 0.240. The van der Waals surface area contributed by atoms with Gasteiger partial charge in [-0.25, -0.2) is 4.98 Å². The summed E-state index contributed by atoms with van der Waals surface area (Å²) >= 11 is 0. The van der Waals surface area contributed by atoms with Crippen LogP contribution in [0.2, 0.25) is 0 Å². The summed E-state index contributed by atoms with van der Waals surface area (Å²) in [4.78, 5) is 9.08. The summed E-state index contributed by atoms with van der Waals surface area (Å²) in [6, 6.07) is 21.0. The van der Waals surface area contributed by atoms with E-state index in [-0.39, 0.29) is 0 Å². The third-order valence-corrected chi connectivity index (χ3v) is 5.87. The van der Waals surface area contributed by atoms with Crippen molar-refractivity contribution in [3.05, 3.63) is 83.7 Å².